The first-order valence-corrected chi connectivity index (χ1v) is 10.5. The summed E-state index contributed by atoms with van der Waals surface area (Å²) >= 11 is 0. The SMILES string of the molecule is CCc1nncn1CCNC(=NCc1ccccc1)NC(C)c1cccc(C(F)(F)F)c1. The molecule has 0 fully saturated rings. The average Bonchev–Trinajstić information content (AvgIpc) is 3.25. The molecule has 9 heteroatoms. The third kappa shape index (κ3) is 6.57. The summed E-state index contributed by atoms with van der Waals surface area (Å²) in [5.41, 5.74) is 0.896. The zero-order valence-electron chi connectivity index (χ0n) is 18.1. The topological polar surface area (TPSA) is 67.1 Å². The second kappa shape index (κ2) is 10.8. The van der Waals surface area contributed by atoms with Crippen LogP contribution in [-0.2, 0) is 25.7 Å². The van der Waals surface area contributed by atoms with E-state index in [1.165, 1.54) is 6.07 Å². The smallest absolute Gasteiger partial charge is 0.355 e. The van der Waals surface area contributed by atoms with Gasteiger partial charge in [0, 0.05) is 19.5 Å². The van der Waals surface area contributed by atoms with Gasteiger partial charge in [-0.3, -0.25) is 0 Å². The number of guanidine groups is 1. The molecule has 1 aromatic heterocycles. The number of nitrogens with zero attached hydrogens (tertiary/aromatic N) is 4. The van der Waals surface area contributed by atoms with Crippen LogP contribution in [0.15, 0.2) is 65.9 Å². The maximum absolute atomic E-state index is 13.1. The molecule has 1 atom stereocenters. The number of halogens is 3. The molecule has 2 N–H and O–H groups in total. The summed E-state index contributed by atoms with van der Waals surface area (Å²) in [5.74, 6) is 1.41. The molecule has 0 radical (unpaired) electrons. The van der Waals surface area contributed by atoms with E-state index in [4.69, 9.17) is 0 Å². The molecule has 6 nitrogen and oxygen atoms in total. The molecule has 170 valence electrons. The summed E-state index contributed by atoms with van der Waals surface area (Å²) in [6.45, 7) is 5.46. The summed E-state index contributed by atoms with van der Waals surface area (Å²) in [6, 6.07) is 14.7. The van der Waals surface area contributed by atoms with Crippen molar-refractivity contribution >= 4 is 5.96 Å². The Bertz CT molecular complexity index is 1010. The Kier molecular flexibility index (Phi) is 7.86. The van der Waals surface area contributed by atoms with Crippen LogP contribution in [0.4, 0.5) is 13.2 Å². The van der Waals surface area contributed by atoms with Crippen LogP contribution in [0, 0.1) is 0 Å². The predicted octanol–water partition coefficient (Wildman–Crippen LogP) is 4.36. The van der Waals surface area contributed by atoms with Crippen LogP contribution in [0.25, 0.3) is 0 Å². The first-order chi connectivity index (χ1) is 15.4. The van der Waals surface area contributed by atoms with Crippen LogP contribution in [0.1, 0.15) is 42.4 Å². The zero-order valence-corrected chi connectivity index (χ0v) is 18.1. The predicted molar refractivity (Wildman–Crippen MR) is 118 cm³/mol. The van der Waals surface area contributed by atoms with Crippen molar-refractivity contribution in [1.29, 1.82) is 0 Å². The van der Waals surface area contributed by atoms with Crippen LogP contribution in [0.2, 0.25) is 0 Å². The standard InChI is InChI=1S/C23H27F3N6/c1-3-21-31-29-16-32(21)13-12-27-22(28-15-18-8-5-4-6-9-18)30-17(2)19-10-7-11-20(14-19)23(24,25)26/h4-11,14,16-17H,3,12-13,15H2,1-2H3,(H2,27,28,30). The lowest BCUT2D eigenvalue weighted by molar-refractivity contribution is -0.137. The van der Waals surface area contributed by atoms with Gasteiger partial charge in [0.05, 0.1) is 18.2 Å². The molecular formula is C23H27F3N6. The minimum atomic E-state index is -4.38. The molecule has 0 spiro atoms. The lowest BCUT2D eigenvalue weighted by Crippen LogP contribution is -2.40. The largest absolute Gasteiger partial charge is 0.416 e. The van der Waals surface area contributed by atoms with E-state index in [1.54, 1.807) is 12.4 Å². The first kappa shape index (κ1) is 23.3. The van der Waals surface area contributed by atoms with E-state index in [9.17, 15) is 13.2 Å². The maximum atomic E-state index is 13.1. The summed E-state index contributed by atoms with van der Waals surface area (Å²) in [6.07, 6.45) is -1.92. The van der Waals surface area contributed by atoms with Gasteiger partial charge in [0.1, 0.15) is 12.2 Å². The summed E-state index contributed by atoms with van der Waals surface area (Å²) < 4.78 is 41.2. The summed E-state index contributed by atoms with van der Waals surface area (Å²) in [5, 5.41) is 14.5. The molecule has 0 bridgehead atoms. The van der Waals surface area contributed by atoms with Crippen LogP contribution in [0.5, 0.6) is 0 Å². The number of aliphatic imine (C=N–C) groups is 1. The zero-order chi connectivity index (χ0) is 23.0. The molecule has 0 aliphatic rings. The lowest BCUT2D eigenvalue weighted by Gasteiger charge is -2.20. The fourth-order valence-electron chi connectivity index (χ4n) is 3.21. The Balaban J connectivity index is 1.71. The number of benzene rings is 2. The van der Waals surface area contributed by atoms with Gasteiger partial charge in [-0.2, -0.15) is 13.2 Å². The van der Waals surface area contributed by atoms with Gasteiger partial charge in [0.15, 0.2) is 5.96 Å². The van der Waals surface area contributed by atoms with Gasteiger partial charge in [-0.1, -0.05) is 49.4 Å². The van der Waals surface area contributed by atoms with Crippen LogP contribution in [-0.4, -0.2) is 27.3 Å². The number of aryl methyl sites for hydroxylation is 1. The number of rotatable bonds is 8. The Morgan fingerprint density at radius 1 is 1.12 bits per heavy atom. The molecule has 0 saturated heterocycles. The molecule has 0 aliphatic carbocycles. The van der Waals surface area contributed by atoms with Crippen molar-refractivity contribution in [1.82, 2.24) is 25.4 Å². The molecule has 0 amide bonds. The molecular weight excluding hydrogens is 417 g/mol. The third-order valence-corrected chi connectivity index (χ3v) is 4.99. The number of nitrogens with one attached hydrogen (secondary N) is 2. The van der Waals surface area contributed by atoms with E-state index in [1.807, 2.05) is 48.7 Å². The van der Waals surface area contributed by atoms with E-state index < -0.39 is 11.7 Å². The minimum absolute atomic E-state index is 0.375. The van der Waals surface area contributed by atoms with Gasteiger partial charge < -0.3 is 15.2 Å². The quantitative estimate of drug-likeness (QED) is 0.400. The monoisotopic (exact) mass is 444 g/mol. The van der Waals surface area contributed by atoms with Crippen LogP contribution >= 0.6 is 0 Å². The highest BCUT2D eigenvalue weighted by Crippen LogP contribution is 2.30. The van der Waals surface area contributed by atoms with Crippen LogP contribution < -0.4 is 10.6 Å². The Hall–Kier alpha value is -3.36. The molecule has 1 unspecified atom stereocenters. The van der Waals surface area contributed by atoms with Crippen molar-refractivity contribution in [2.24, 2.45) is 4.99 Å². The number of aromatic nitrogens is 3. The molecule has 32 heavy (non-hydrogen) atoms. The van der Waals surface area contributed by atoms with E-state index in [0.29, 0.717) is 31.2 Å². The summed E-state index contributed by atoms with van der Waals surface area (Å²) in [7, 11) is 0. The first-order valence-electron chi connectivity index (χ1n) is 10.5. The van der Waals surface area contributed by atoms with E-state index >= 15 is 0 Å². The third-order valence-electron chi connectivity index (χ3n) is 4.99. The van der Waals surface area contributed by atoms with Gasteiger partial charge in [-0.15, -0.1) is 10.2 Å². The maximum Gasteiger partial charge on any atom is 0.416 e. The molecule has 0 aliphatic heterocycles. The number of hydrogen-bond donors (Lipinski definition) is 2. The van der Waals surface area contributed by atoms with Crippen molar-refractivity contribution in [2.45, 2.75) is 45.6 Å². The van der Waals surface area contributed by atoms with Crippen molar-refractivity contribution in [2.75, 3.05) is 6.54 Å². The van der Waals surface area contributed by atoms with Crippen molar-refractivity contribution in [3.8, 4) is 0 Å². The molecule has 1 heterocycles. The fourth-order valence-corrected chi connectivity index (χ4v) is 3.21. The van der Waals surface area contributed by atoms with Gasteiger partial charge in [-0.05, 0) is 30.2 Å². The highest BCUT2D eigenvalue weighted by Gasteiger charge is 2.30. The lowest BCUT2D eigenvalue weighted by atomic mass is 10.1. The molecule has 0 saturated carbocycles. The van der Waals surface area contributed by atoms with Gasteiger partial charge in [-0.25, -0.2) is 4.99 Å². The van der Waals surface area contributed by atoms with Crippen molar-refractivity contribution in [3.63, 3.8) is 0 Å². The number of hydrogen-bond acceptors (Lipinski definition) is 3. The van der Waals surface area contributed by atoms with Gasteiger partial charge >= 0.3 is 6.18 Å². The van der Waals surface area contributed by atoms with Gasteiger partial charge in [0.2, 0.25) is 0 Å². The Morgan fingerprint density at radius 3 is 2.62 bits per heavy atom. The van der Waals surface area contributed by atoms with Crippen molar-refractivity contribution in [3.05, 3.63) is 83.4 Å². The Labute approximate surface area is 185 Å². The number of alkyl halides is 3. The highest BCUT2D eigenvalue weighted by molar-refractivity contribution is 5.80. The summed E-state index contributed by atoms with van der Waals surface area (Å²) in [4.78, 5) is 4.62. The normalized spacial score (nSPS) is 13.1. The second-order valence-corrected chi connectivity index (χ2v) is 7.36. The van der Waals surface area contributed by atoms with Crippen LogP contribution in [0.3, 0.4) is 0 Å². The van der Waals surface area contributed by atoms with Gasteiger partial charge in [0.25, 0.3) is 0 Å². The second-order valence-electron chi connectivity index (χ2n) is 7.36. The molecule has 3 aromatic rings. The van der Waals surface area contributed by atoms with Crippen molar-refractivity contribution < 1.29 is 13.2 Å². The highest BCUT2D eigenvalue weighted by atomic mass is 19.4. The van der Waals surface area contributed by atoms with E-state index in [2.05, 4.69) is 25.8 Å². The molecule has 2 aromatic carbocycles. The average molecular weight is 445 g/mol. The Morgan fingerprint density at radius 2 is 1.91 bits per heavy atom. The molecule has 3 rings (SSSR count). The minimum Gasteiger partial charge on any atom is -0.355 e. The van der Waals surface area contributed by atoms with E-state index in [-0.39, 0.29) is 6.04 Å². The fraction of sp³-hybridized carbons (Fsp3) is 0.348. The van der Waals surface area contributed by atoms with E-state index in [0.717, 1.165) is 29.9 Å².